The molecule has 2 aromatic rings. The molecule has 0 aliphatic rings. The topological polar surface area (TPSA) is 120 Å². The van der Waals surface area contributed by atoms with E-state index in [4.69, 9.17) is 4.55 Å². The molecule has 1 aromatic carbocycles. The van der Waals surface area contributed by atoms with Gasteiger partial charge in [-0.2, -0.15) is 0 Å². The fourth-order valence-corrected chi connectivity index (χ4v) is 2.15. The van der Waals surface area contributed by atoms with Crippen LogP contribution in [-0.4, -0.2) is 25.6 Å². The molecule has 1 unspecified atom stereocenters. The maximum Gasteiger partial charge on any atom is 0.259 e. The van der Waals surface area contributed by atoms with Crippen LogP contribution in [0.25, 0.3) is 0 Å². The molecule has 4 N–H and O–H groups in total. The van der Waals surface area contributed by atoms with Crippen LogP contribution in [0.2, 0.25) is 0 Å². The van der Waals surface area contributed by atoms with Crippen molar-refractivity contribution in [1.29, 1.82) is 0 Å². The minimum atomic E-state index is -2.57. The van der Waals surface area contributed by atoms with Crippen molar-refractivity contribution in [2.75, 3.05) is 15.4 Å². The molecule has 1 aromatic heterocycles. The van der Waals surface area contributed by atoms with E-state index in [1.54, 1.807) is 0 Å². The van der Waals surface area contributed by atoms with E-state index in [0.717, 1.165) is 18.3 Å². The third kappa shape index (κ3) is 4.78. The number of benzene rings is 1. The number of nitrogens with one attached hydrogen (secondary N) is 3. The number of amides is 2. The van der Waals surface area contributed by atoms with E-state index in [9.17, 15) is 22.6 Å². The van der Waals surface area contributed by atoms with Crippen LogP contribution in [0.5, 0.6) is 0 Å². The summed E-state index contributed by atoms with van der Waals surface area (Å²) in [5.74, 6) is -3.30. The van der Waals surface area contributed by atoms with Crippen molar-refractivity contribution >= 4 is 40.3 Å². The van der Waals surface area contributed by atoms with Crippen molar-refractivity contribution in [3.63, 3.8) is 0 Å². The molecule has 8 nitrogen and oxygen atoms in total. The van der Waals surface area contributed by atoms with Crippen molar-refractivity contribution in [2.45, 2.75) is 6.92 Å². The Bertz CT molecular complexity index is 845. The number of anilines is 3. The number of rotatable bonds is 5. The second-order valence-electron chi connectivity index (χ2n) is 4.70. The van der Waals surface area contributed by atoms with E-state index >= 15 is 0 Å². The first-order valence-electron chi connectivity index (χ1n) is 6.68. The Balaban J connectivity index is 2.22. The number of pyridine rings is 1. The lowest BCUT2D eigenvalue weighted by molar-refractivity contribution is -0.114. The molecule has 0 spiro atoms. The van der Waals surface area contributed by atoms with E-state index in [1.807, 2.05) is 10.0 Å². The predicted molar refractivity (Wildman–Crippen MR) is 87.2 cm³/mol. The molecule has 1 heterocycles. The molecule has 1 atom stereocenters. The smallest absolute Gasteiger partial charge is 0.259 e. The van der Waals surface area contributed by atoms with Gasteiger partial charge in [0.1, 0.15) is 17.3 Å². The molecule has 0 saturated heterocycles. The maximum atomic E-state index is 14.2. The average molecular weight is 370 g/mol. The monoisotopic (exact) mass is 370 g/mol. The Morgan fingerprint density at radius 2 is 1.88 bits per heavy atom. The molecule has 2 rings (SSSR count). The first-order chi connectivity index (χ1) is 11.8. The van der Waals surface area contributed by atoms with E-state index in [-0.39, 0.29) is 17.3 Å². The maximum absolute atomic E-state index is 14.2. The molecule has 0 aliphatic carbocycles. The van der Waals surface area contributed by atoms with Gasteiger partial charge in [-0.15, -0.1) is 0 Å². The zero-order valence-corrected chi connectivity index (χ0v) is 13.5. The number of carbonyl (C=O) groups excluding carboxylic acids is 2. The molecule has 2 amide bonds. The van der Waals surface area contributed by atoms with Gasteiger partial charge in [-0.3, -0.25) is 18.9 Å². The van der Waals surface area contributed by atoms with Crippen molar-refractivity contribution < 1.29 is 27.1 Å². The summed E-state index contributed by atoms with van der Waals surface area (Å²) in [5.41, 5.74) is -1.26. The highest BCUT2D eigenvalue weighted by Crippen LogP contribution is 2.26. The fourth-order valence-electron chi connectivity index (χ4n) is 1.81. The van der Waals surface area contributed by atoms with Gasteiger partial charge in [0.15, 0.2) is 5.82 Å². The standard InChI is InChI=1S/C14H12F2N4O4S/c1-7(21)18-11-5-2-8(6-17-11)14(22)19-13-9(15)3-4-10(12(13)16)20-25(23)24/h2-6,20H,1H3,(H,19,22)(H,23,24)(H,17,18,21). The first-order valence-corrected chi connectivity index (χ1v) is 7.79. The Hall–Kier alpha value is -2.92. The molecular formula is C14H12F2N4O4S. The Kier molecular flexibility index (Phi) is 5.72. The second-order valence-corrected chi connectivity index (χ2v) is 5.41. The average Bonchev–Trinajstić information content (AvgIpc) is 2.54. The summed E-state index contributed by atoms with van der Waals surface area (Å²) in [6, 6.07) is 4.38. The van der Waals surface area contributed by atoms with Gasteiger partial charge < -0.3 is 10.6 Å². The van der Waals surface area contributed by atoms with Crippen LogP contribution in [0.15, 0.2) is 30.5 Å². The molecule has 132 valence electrons. The zero-order valence-electron chi connectivity index (χ0n) is 12.7. The predicted octanol–water partition coefficient (Wildman–Crippen LogP) is 2.12. The molecule has 0 bridgehead atoms. The zero-order chi connectivity index (χ0) is 18.6. The summed E-state index contributed by atoms with van der Waals surface area (Å²) in [4.78, 5) is 26.8. The van der Waals surface area contributed by atoms with Crippen LogP contribution in [0.4, 0.5) is 26.0 Å². The van der Waals surface area contributed by atoms with E-state index in [0.29, 0.717) is 0 Å². The van der Waals surface area contributed by atoms with E-state index < -0.39 is 40.2 Å². The van der Waals surface area contributed by atoms with Gasteiger partial charge in [-0.05, 0) is 24.3 Å². The van der Waals surface area contributed by atoms with Crippen LogP contribution in [-0.2, 0) is 16.1 Å². The summed E-state index contributed by atoms with van der Waals surface area (Å²) in [6.07, 6.45) is 1.11. The van der Waals surface area contributed by atoms with Crippen molar-refractivity contribution in [1.82, 2.24) is 4.98 Å². The highest BCUT2D eigenvalue weighted by atomic mass is 32.2. The lowest BCUT2D eigenvalue weighted by Gasteiger charge is -2.11. The minimum absolute atomic E-state index is 0.0167. The van der Waals surface area contributed by atoms with Gasteiger partial charge in [0.25, 0.3) is 17.2 Å². The summed E-state index contributed by atoms with van der Waals surface area (Å²) < 4.78 is 49.2. The van der Waals surface area contributed by atoms with Gasteiger partial charge in [0.2, 0.25) is 5.91 Å². The van der Waals surface area contributed by atoms with Crippen LogP contribution in [0.1, 0.15) is 17.3 Å². The van der Waals surface area contributed by atoms with Crippen LogP contribution in [0, 0.1) is 11.6 Å². The van der Waals surface area contributed by atoms with E-state index in [1.165, 1.54) is 19.1 Å². The number of aromatic nitrogens is 1. The minimum Gasteiger partial charge on any atom is -0.317 e. The highest BCUT2D eigenvalue weighted by Gasteiger charge is 2.18. The second kappa shape index (κ2) is 7.77. The number of carbonyl (C=O) groups is 2. The number of halogens is 2. The third-order valence-electron chi connectivity index (χ3n) is 2.86. The van der Waals surface area contributed by atoms with Crippen molar-refractivity contribution in [3.8, 4) is 0 Å². The number of hydrogen-bond acceptors (Lipinski definition) is 4. The normalized spacial score (nSPS) is 11.5. The van der Waals surface area contributed by atoms with Crippen molar-refractivity contribution in [3.05, 3.63) is 47.7 Å². The highest BCUT2D eigenvalue weighted by molar-refractivity contribution is 7.80. The van der Waals surface area contributed by atoms with Crippen LogP contribution in [0.3, 0.4) is 0 Å². The van der Waals surface area contributed by atoms with E-state index in [2.05, 4.69) is 10.3 Å². The quantitative estimate of drug-likeness (QED) is 0.601. The van der Waals surface area contributed by atoms with Crippen molar-refractivity contribution in [2.24, 2.45) is 0 Å². The molecule has 11 heteroatoms. The van der Waals surface area contributed by atoms with Gasteiger partial charge in [-0.25, -0.2) is 18.0 Å². The molecule has 0 saturated carbocycles. The number of nitrogens with zero attached hydrogens (tertiary/aromatic N) is 1. The number of hydrogen-bond donors (Lipinski definition) is 4. The lowest BCUT2D eigenvalue weighted by Crippen LogP contribution is -2.16. The molecule has 25 heavy (non-hydrogen) atoms. The largest absolute Gasteiger partial charge is 0.317 e. The SMILES string of the molecule is CC(=O)Nc1ccc(C(=O)Nc2c(F)ccc(NS(=O)O)c2F)cn1. The fraction of sp³-hybridized carbons (Fsp3) is 0.0714. The molecule has 0 aliphatic heterocycles. The molecular weight excluding hydrogens is 358 g/mol. The van der Waals surface area contributed by atoms with Gasteiger partial charge in [0, 0.05) is 13.1 Å². The molecule has 0 fully saturated rings. The van der Waals surface area contributed by atoms with Gasteiger partial charge in [0.05, 0.1) is 11.3 Å². The summed E-state index contributed by atoms with van der Waals surface area (Å²) in [5, 5.41) is 4.43. The molecule has 0 radical (unpaired) electrons. The summed E-state index contributed by atoms with van der Waals surface area (Å²) in [6.45, 7) is 1.29. The lowest BCUT2D eigenvalue weighted by atomic mass is 10.2. The van der Waals surface area contributed by atoms with Gasteiger partial charge in [-0.1, -0.05) is 0 Å². The third-order valence-corrected chi connectivity index (χ3v) is 3.25. The van der Waals surface area contributed by atoms with Crippen LogP contribution >= 0.6 is 0 Å². The summed E-state index contributed by atoms with van der Waals surface area (Å²) in [7, 11) is 0. The summed E-state index contributed by atoms with van der Waals surface area (Å²) >= 11 is -2.57. The Labute approximate surface area is 143 Å². The first kappa shape index (κ1) is 18.4. The van der Waals surface area contributed by atoms with Gasteiger partial charge >= 0.3 is 0 Å². The van der Waals surface area contributed by atoms with Crippen LogP contribution < -0.4 is 15.4 Å². The Morgan fingerprint density at radius 1 is 1.16 bits per heavy atom. The Morgan fingerprint density at radius 3 is 2.44 bits per heavy atom.